The van der Waals surface area contributed by atoms with Crippen molar-refractivity contribution in [2.24, 2.45) is 11.7 Å². The molecule has 0 bridgehead atoms. The third-order valence-electron chi connectivity index (χ3n) is 5.18. The minimum Gasteiger partial charge on any atom is -0.349 e. The van der Waals surface area contributed by atoms with E-state index >= 15 is 0 Å². The van der Waals surface area contributed by atoms with Gasteiger partial charge in [0.05, 0.1) is 10.6 Å². The largest absolute Gasteiger partial charge is 0.349 e. The number of hydrogen-bond acceptors (Lipinski definition) is 4. The Kier molecular flexibility index (Phi) is 8.04. The summed E-state index contributed by atoms with van der Waals surface area (Å²) in [5.41, 5.74) is 6.92. The lowest BCUT2D eigenvalue weighted by molar-refractivity contribution is 0.0908. The molecule has 1 amide bonds. The van der Waals surface area contributed by atoms with Crippen molar-refractivity contribution in [3.8, 4) is 0 Å². The number of amides is 1. The molecule has 3 rings (SSSR count). The van der Waals surface area contributed by atoms with Crippen LogP contribution in [0.2, 0.25) is 0 Å². The highest BCUT2D eigenvalue weighted by molar-refractivity contribution is 7.90. The Morgan fingerprint density at radius 2 is 1.75 bits per heavy atom. The van der Waals surface area contributed by atoms with Gasteiger partial charge in [-0.2, -0.15) is 0 Å². The molecule has 2 unspecified atom stereocenters. The maximum Gasteiger partial charge on any atom is 0.251 e. The smallest absolute Gasteiger partial charge is 0.251 e. The Labute approximate surface area is 173 Å². The van der Waals surface area contributed by atoms with E-state index in [1.165, 1.54) is 6.07 Å². The SMILES string of the molecule is Cl.NCC1CCCCC1NC(=O)c1cccc(S(=O)(=O)Cc2ccccc2)c1. The fourth-order valence-corrected chi connectivity index (χ4v) is 5.03. The molecule has 2 atom stereocenters. The second-order valence-electron chi connectivity index (χ2n) is 7.13. The number of hydrogen-bond donors (Lipinski definition) is 2. The number of nitrogens with one attached hydrogen (secondary N) is 1. The first-order valence-electron chi connectivity index (χ1n) is 9.37. The molecule has 0 aromatic heterocycles. The van der Waals surface area contributed by atoms with Crippen LogP contribution >= 0.6 is 12.4 Å². The van der Waals surface area contributed by atoms with Crippen LogP contribution in [0.3, 0.4) is 0 Å². The van der Waals surface area contributed by atoms with E-state index in [0.717, 1.165) is 31.2 Å². The summed E-state index contributed by atoms with van der Waals surface area (Å²) in [6, 6.07) is 15.4. The van der Waals surface area contributed by atoms with E-state index in [9.17, 15) is 13.2 Å². The van der Waals surface area contributed by atoms with Gasteiger partial charge in [-0.25, -0.2) is 8.42 Å². The molecule has 5 nitrogen and oxygen atoms in total. The van der Waals surface area contributed by atoms with E-state index in [2.05, 4.69) is 5.32 Å². The Morgan fingerprint density at radius 1 is 1.04 bits per heavy atom. The molecule has 28 heavy (non-hydrogen) atoms. The van der Waals surface area contributed by atoms with Crippen molar-refractivity contribution < 1.29 is 13.2 Å². The van der Waals surface area contributed by atoms with Crippen molar-refractivity contribution in [3.63, 3.8) is 0 Å². The average molecular weight is 423 g/mol. The Morgan fingerprint density at radius 3 is 2.46 bits per heavy atom. The van der Waals surface area contributed by atoms with Crippen LogP contribution in [0.1, 0.15) is 41.6 Å². The maximum atomic E-state index is 12.7. The summed E-state index contributed by atoms with van der Waals surface area (Å²) in [5.74, 6) is -0.0404. The van der Waals surface area contributed by atoms with Crippen molar-refractivity contribution in [3.05, 3.63) is 65.7 Å². The zero-order valence-corrected chi connectivity index (χ0v) is 17.3. The summed E-state index contributed by atoms with van der Waals surface area (Å²) in [6.07, 6.45) is 4.15. The molecular weight excluding hydrogens is 396 g/mol. The first-order chi connectivity index (χ1) is 13.0. The second kappa shape index (κ2) is 10.0. The molecule has 0 spiro atoms. The van der Waals surface area contributed by atoms with Crippen LogP contribution in [-0.4, -0.2) is 26.9 Å². The van der Waals surface area contributed by atoms with E-state index in [1.54, 1.807) is 30.3 Å². The van der Waals surface area contributed by atoms with Crippen LogP contribution in [0, 0.1) is 5.92 Å². The first kappa shape index (κ1) is 22.4. The van der Waals surface area contributed by atoms with E-state index in [-0.39, 0.29) is 40.9 Å². The van der Waals surface area contributed by atoms with Crippen molar-refractivity contribution in [2.75, 3.05) is 6.54 Å². The number of carbonyl (C=O) groups excluding carboxylic acids is 1. The average Bonchev–Trinajstić information content (AvgIpc) is 2.69. The summed E-state index contributed by atoms with van der Waals surface area (Å²) < 4.78 is 25.4. The van der Waals surface area contributed by atoms with Gasteiger partial charge in [-0.3, -0.25) is 4.79 Å². The van der Waals surface area contributed by atoms with Gasteiger partial charge < -0.3 is 11.1 Å². The van der Waals surface area contributed by atoms with E-state index in [4.69, 9.17) is 5.73 Å². The summed E-state index contributed by atoms with van der Waals surface area (Å²) in [4.78, 5) is 12.8. The van der Waals surface area contributed by atoms with Crippen LogP contribution < -0.4 is 11.1 Å². The zero-order chi connectivity index (χ0) is 19.3. The maximum absolute atomic E-state index is 12.7. The highest BCUT2D eigenvalue weighted by atomic mass is 35.5. The lowest BCUT2D eigenvalue weighted by Gasteiger charge is -2.31. The molecule has 3 N–H and O–H groups in total. The van der Waals surface area contributed by atoms with Gasteiger partial charge in [-0.1, -0.05) is 49.2 Å². The minimum atomic E-state index is -3.52. The third-order valence-corrected chi connectivity index (χ3v) is 6.87. The number of halogens is 1. The summed E-state index contributed by atoms with van der Waals surface area (Å²) in [7, 11) is -3.52. The first-order valence-corrected chi connectivity index (χ1v) is 11.0. The molecule has 2 aromatic carbocycles. The van der Waals surface area contributed by atoms with Gasteiger partial charge in [0.15, 0.2) is 9.84 Å². The lowest BCUT2D eigenvalue weighted by Crippen LogP contribution is -2.44. The van der Waals surface area contributed by atoms with E-state index in [0.29, 0.717) is 12.1 Å². The molecule has 0 saturated heterocycles. The predicted molar refractivity (Wildman–Crippen MR) is 113 cm³/mol. The van der Waals surface area contributed by atoms with Crippen LogP contribution in [0.15, 0.2) is 59.5 Å². The number of rotatable bonds is 6. The normalized spacial score (nSPS) is 19.5. The zero-order valence-electron chi connectivity index (χ0n) is 15.7. The number of sulfone groups is 1. The van der Waals surface area contributed by atoms with E-state index in [1.807, 2.05) is 18.2 Å². The van der Waals surface area contributed by atoms with Gasteiger partial charge in [0.1, 0.15) is 0 Å². The standard InChI is InChI=1S/C21H26N2O3S.ClH/c22-14-18-9-4-5-12-20(18)23-21(24)17-10-6-11-19(13-17)27(25,26)15-16-7-2-1-3-8-16;/h1-3,6-8,10-11,13,18,20H,4-5,9,12,14-15,22H2,(H,23,24);1H. The monoisotopic (exact) mass is 422 g/mol. The summed E-state index contributed by atoms with van der Waals surface area (Å²) >= 11 is 0. The number of carbonyl (C=O) groups is 1. The second-order valence-corrected chi connectivity index (χ2v) is 9.12. The van der Waals surface area contributed by atoms with Crippen LogP contribution in [-0.2, 0) is 15.6 Å². The molecule has 7 heteroatoms. The van der Waals surface area contributed by atoms with Crippen LogP contribution in [0.4, 0.5) is 0 Å². The molecule has 0 radical (unpaired) electrons. The predicted octanol–water partition coefficient (Wildman–Crippen LogP) is 3.33. The van der Waals surface area contributed by atoms with Crippen LogP contribution in [0.5, 0.6) is 0 Å². The van der Waals surface area contributed by atoms with Gasteiger partial charge >= 0.3 is 0 Å². The summed E-state index contributed by atoms with van der Waals surface area (Å²) in [6.45, 7) is 0.552. The molecule has 1 saturated carbocycles. The number of benzene rings is 2. The number of nitrogens with two attached hydrogens (primary N) is 1. The molecule has 0 aliphatic heterocycles. The quantitative estimate of drug-likeness (QED) is 0.747. The highest BCUT2D eigenvalue weighted by Crippen LogP contribution is 2.24. The van der Waals surface area contributed by atoms with Gasteiger partial charge in [0, 0.05) is 11.6 Å². The highest BCUT2D eigenvalue weighted by Gasteiger charge is 2.26. The molecule has 1 fully saturated rings. The third kappa shape index (κ3) is 5.56. The van der Waals surface area contributed by atoms with Crippen molar-refractivity contribution in [1.29, 1.82) is 0 Å². The molecule has 2 aromatic rings. The summed E-state index contributed by atoms with van der Waals surface area (Å²) in [5, 5.41) is 3.05. The molecule has 152 valence electrons. The molecule has 0 heterocycles. The van der Waals surface area contributed by atoms with Gasteiger partial charge in [-0.15, -0.1) is 12.4 Å². The Balaban J connectivity index is 0.00000280. The van der Waals surface area contributed by atoms with Gasteiger partial charge in [0.25, 0.3) is 5.91 Å². The molecular formula is C21H27ClN2O3S. The Bertz CT molecular complexity index is 888. The van der Waals surface area contributed by atoms with Gasteiger partial charge in [0.2, 0.25) is 0 Å². The van der Waals surface area contributed by atoms with Crippen molar-refractivity contribution in [1.82, 2.24) is 5.32 Å². The van der Waals surface area contributed by atoms with Gasteiger partial charge in [-0.05, 0) is 49.1 Å². The van der Waals surface area contributed by atoms with E-state index < -0.39 is 9.84 Å². The van der Waals surface area contributed by atoms with Crippen LogP contribution in [0.25, 0.3) is 0 Å². The van der Waals surface area contributed by atoms with Crippen molar-refractivity contribution >= 4 is 28.2 Å². The molecule has 1 aliphatic carbocycles. The fourth-order valence-electron chi connectivity index (χ4n) is 3.64. The lowest BCUT2D eigenvalue weighted by atomic mass is 9.84. The van der Waals surface area contributed by atoms with Crippen molar-refractivity contribution in [2.45, 2.75) is 42.4 Å². The Hall–Kier alpha value is -1.89. The fraction of sp³-hybridized carbons (Fsp3) is 0.381. The minimum absolute atomic E-state index is 0. The topological polar surface area (TPSA) is 89.3 Å². The molecule has 1 aliphatic rings.